The fourth-order valence-electron chi connectivity index (χ4n) is 4.52. The number of halogens is 3. The topological polar surface area (TPSA) is 64.6 Å². The average molecular weight is 542 g/mol. The van der Waals surface area contributed by atoms with Gasteiger partial charge in [-0.15, -0.1) is 0 Å². The Labute approximate surface area is 226 Å². The molecule has 0 aromatic heterocycles. The van der Waals surface area contributed by atoms with Crippen LogP contribution < -0.4 is 10.6 Å². The van der Waals surface area contributed by atoms with Crippen LogP contribution in [-0.4, -0.2) is 35.5 Å². The number of nitrogens with zero attached hydrogens (tertiary/aromatic N) is 1. The number of hydrogen-bond acceptors (Lipinski definition) is 4. The molecule has 8 heteroatoms. The minimum atomic E-state index is -0.940. The van der Waals surface area contributed by atoms with Gasteiger partial charge in [-0.3, -0.25) is 4.79 Å². The Kier molecular flexibility index (Phi) is 8.00. The van der Waals surface area contributed by atoms with Gasteiger partial charge in [0.05, 0.1) is 16.4 Å². The summed E-state index contributed by atoms with van der Waals surface area (Å²) in [7, 11) is 0. The number of aryl methyl sites for hydroxylation is 1. The summed E-state index contributed by atoms with van der Waals surface area (Å²) in [5.74, 6) is -1.04. The molecule has 1 heterocycles. The molecule has 0 spiro atoms. The van der Waals surface area contributed by atoms with Crippen LogP contribution in [0.25, 0.3) is 11.1 Å². The van der Waals surface area contributed by atoms with Gasteiger partial charge in [0.25, 0.3) is 5.91 Å². The number of likely N-dealkylation sites (tertiary alicyclic amines) is 1. The van der Waals surface area contributed by atoms with Crippen molar-refractivity contribution in [1.29, 1.82) is 0 Å². The molecule has 1 aliphatic heterocycles. The molecule has 194 valence electrons. The van der Waals surface area contributed by atoms with Crippen LogP contribution >= 0.6 is 23.2 Å². The molecular weight excluding hydrogens is 512 g/mol. The Morgan fingerprint density at radius 2 is 1.81 bits per heavy atom. The normalized spacial score (nSPS) is 13.4. The Morgan fingerprint density at radius 3 is 2.49 bits per heavy atom. The van der Waals surface area contributed by atoms with Gasteiger partial charge in [0, 0.05) is 47.4 Å². The van der Waals surface area contributed by atoms with E-state index in [4.69, 9.17) is 23.2 Å². The molecule has 1 aliphatic rings. The highest BCUT2D eigenvalue weighted by molar-refractivity contribution is 6.37. The maximum atomic E-state index is 13.2. The van der Waals surface area contributed by atoms with Crippen molar-refractivity contribution in [2.45, 2.75) is 26.7 Å². The minimum absolute atomic E-state index is 0.0909. The van der Waals surface area contributed by atoms with Crippen LogP contribution in [0, 0.1) is 12.8 Å². The number of nitrogens with one attached hydrogen (secondary N) is 2. The average Bonchev–Trinajstić information content (AvgIpc) is 2.81. The summed E-state index contributed by atoms with van der Waals surface area (Å²) < 4.78 is 13.2. The molecular formula is C29H30Cl2FN3O2. The number of benzene rings is 3. The van der Waals surface area contributed by atoms with Crippen LogP contribution in [0.4, 0.5) is 21.5 Å². The first kappa shape index (κ1) is 26.8. The number of carbonyl (C=O) groups excluding carboxylic acids is 1. The van der Waals surface area contributed by atoms with Crippen LogP contribution in [0.5, 0.6) is 5.75 Å². The van der Waals surface area contributed by atoms with E-state index in [1.807, 2.05) is 18.2 Å². The van der Waals surface area contributed by atoms with Crippen molar-refractivity contribution >= 4 is 46.2 Å². The molecule has 3 N–H and O–H groups in total. The number of para-hydroxylation sites is 1. The zero-order valence-corrected chi connectivity index (χ0v) is 22.6. The first-order valence-electron chi connectivity index (χ1n) is 12.1. The van der Waals surface area contributed by atoms with Gasteiger partial charge in [0.2, 0.25) is 0 Å². The number of carbonyl (C=O) groups is 1. The summed E-state index contributed by atoms with van der Waals surface area (Å²) in [5.41, 5.74) is 6.16. The fourth-order valence-corrected chi connectivity index (χ4v) is 5.00. The van der Waals surface area contributed by atoms with Gasteiger partial charge in [-0.1, -0.05) is 61.8 Å². The van der Waals surface area contributed by atoms with E-state index in [0.29, 0.717) is 46.7 Å². The summed E-state index contributed by atoms with van der Waals surface area (Å²) in [4.78, 5) is 13.2. The Bertz CT molecular complexity index is 1350. The van der Waals surface area contributed by atoms with E-state index in [-0.39, 0.29) is 11.7 Å². The lowest BCUT2D eigenvalue weighted by Crippen LogP contribution is -2.52. The number of rotatable bonds is 8. The van der Waals surface area contributed by atoms with Crippen LogP contribution in [0.1, 0.15) is 30.9 Å². The zero-order chi connectivity index (χ0) is 26.9. The number of anilines is 3. The number of aromatic hydroxyl groups is 1. The van der Waals surface area contributed by atoms with Crippen molar-refractivity contribution in [3.05, 3.63) is 82.1 Å². The van der Waals surface area contributed by atoms with Crippen LogP contribution in [0.2, 0.25) is 10.0 Å². The van der Waals surface area contributed by atoms with Gasteiger partial charge in [0.1, 0.15) is 5.75 Å². The first-order valence-corrected chi connectivity index (χ1v) is 12.9. The number of phenols is 1. The molecule has 0 radical (unpaired) electrons. The van der Waals surface area contributed by atoms with Crippen LogP contribution in [0.15, 0.2) is 60.9 Å². The number of hydrogen-bond donors (Lipinski definition) is 3. The fraction of sp³-hybridized carbons (Fsp3) is 0.276. The van der Waals surface area contributed by atoms with E-state index in [0.717, 1.165) is 22.6 Å². The predicted octanol–water partition coefficient (Wildman–Crippen LogP) is 7.89. The highest BCUT2D eigenvalue weighted by Crippen LogP contribution is 2.42. The lowest BCUT2D eigenvalue weighted by Gasteiger charge is -2.39. The summed E-state index contributed by atoms with van der Waals surface area (Å²) in [6, 6.07) is 14.7. The van der Waals surface area contributed by atoms with Gasteiger partial charge in [-0.25, -0.2) is 4.39 Å². The van der Waals surface area contributed by atoms with Gasteiger partial charge in [0.15, 0.2) is 5.83 Å². The van der Waals surface area contributed by atoms with E-state index in [1.54, 1.807) is 12.1 Å². The quantitative estimate of drug-likeness (QED) is 0.253. The molecule has 0 unspecified atom stereocenters. The first-order chi connectivity index (χ1) is 17.5. The van der Waals surface area contributed by atoms with E-state index in [9.17, 15) is 14.3 Å². The maximum Gasteiger partial charge on any atom is 0.281 e. The van der Waals surface area contributed by atoms with Crippen molar-refractivity contribution in [3.8, 4) is 16.9 Å². The summed E-state index contributed by atoms with van der Waals surface area (Å²) in [5, 5.41) is 18.1. The third kappa shape index (κ3) is 5.86. The Morgan fingerprint density at radius 1 is 1.11 bits per heavy atom. The van der Waals surface area contributed by atoms with E-state index in [2.05, 4.69) is 50.1 Å². The standard InChI is InChI=1S/C29H30Cl2FN3O2/c1-16(2)21-7-5-6-17(3)28(21)34-27-11-23(22-10-20(36)8-9-24(22)30)25(31)12-26(27)33-13-19-14-35(15-19)29(37)18(4)32/h5-12,16,19,33-34,36H,4,13-15H2,1-3H3. The smallest absolute Gasteiger partial charge is 0.281 e. The summed E-state index contributed by atoms with van der Waals surface area (Å²) in [6.07, 6.45) is 0. The van der Waals surface area contributed by atoms with Crippen LogP contribution in [0.3, 0.4) is 0 Å². The van der Waals surface area contributed by atoms with Gasteiger partial charge in [-0.05, 0) is 54.3 Å². The summed E-state index contributed by atoms with van der Waals surface area (Å²) >= 11 is 13.2. The van der Waals surface area contributed by atoms with Crippen molar-refractivity contribution in [3.63, 3.8) is 0 Å². The molecule has 3 aromatic carbocycles. The zero-order valence-electron chi connectivity index (χ0n) is 21.0. The molecule has 3 aromatic rings. The Balaban J connectivity index is 1.68. The van der Waals surface area contributed by atoms with Crippen molar-refractivity contribution in [1.82, 2.24) is 4.90 Å². The second kappa shape index (κ2) is 11.0. The Hall–Kier alpha value is -3.22. The summed E-state index contributed by atoms with van der Waals surface area (Å²) in [6.45, 7) is 10.9. The van der Waals surface area contributed by atoms with E-state index in [1.165, 1.54) is 16.5 Å². The van der Waals surface area contributed by atoms with Crippen molar-refractivity contribution < 1.29 is 14.3 Å². The number of phenolic OH excluding ortho intramolecular Hbond substituents is 1. The molecule has 0 atom stereocenters. The van der Waals surface area contributed by atoms with Gasteiger partial charge >= 0.3 is 0 Å². The lowest BCUT2D eigenvalue weighted by molar-refractivity contribution is -0.134. The molecule has 1 amide bonds. The molecule has 1 fully saturated rings. The molecule has 0 saturated carbocycles. The molecule has 5 nitrogen and oxygen atoms in total. The largest absolute Gasteiger partial charge is 0.508 e. The number of amides is 1. The monoisotopic (exact) mass is 541 g/mol. The maximum absolute atomic E-state index is 13.2. The van der Waals surface area contributed by atoms with Crippen LogP contribution in [-0.2, 0) is 4.79 Å². The molecule has 0 aliphatic carbocycles. The third-order valence-corrected chi connectivity index (χ3v) is 7.23. The molecule has 37 heavy (non-hydrogen) atoms. The predicted molar refractivity (Wildman–Crippen MR) is 151 cm³/mol. The van der Waals surface area contributed by atoms with E-state index >= 15 is 0 Å². The van der Waals surface area contributed by atoms with Crippen molar-refractivity contribution in [2.24, 2.45) is 5.92 Å². The molecule has 1 saturated heterocycles. The van der Waals surface area contributed by atoms with Crippen molar-refractivity contribution in [2.75, 3.05) is 30.3 Å². The van der Waals surface area contributed by atoms with E-state index < -0.39 is 11.7 Å². The lowest BCUT2D eigenvalue weighted by atomic mass is 9.97. The molecule has 0 bridgehead atoms. The third-order valence-electron chi connectivity index (χ3n) is 6.59. The van der Waals surface area contributed by atoms with Gasteiger partial charge in [-0.2, -0.15) is 0 Å². The second-order valence-electron chi connectivity index (χ2n) is 9.72. The SMILES string of the molecule is C=C(F)C(=O)N1CC(CNc2cc(Cl)c(-c3cc(O)ccc3Cl)cc2Nc2c(C)cccc2C(C)C)C1. The highest BCUT2D eigenvalue weighted by Gasteiger charge is 2.32. The van der Waals surface area contributed by atoms with Gasteiger partial charge < -0.3 is 20.6 Å². The minimum Gasteiger partial charge on any atom is -0.508 e. The second-order valence-corrected chi connectivity index (χ2v) is 10.5. The highest BCUT2D eigenvalue weighted by atomic mass is 35.5. The molecule has 4 rings (SSSR count).